The molecule has 0 spiro atoms. The lowest BCUT2D eigenvalue weighted by molar-refractivity contribution is 0.415. The Morgan fingerprint density at radius 1 is 0.882 bits per heavy atom. The molecule has 0 aromatic heterocycles. The summed E-state index contributed by atoms with van der Waals surface area (Å²) in [7, 11) is 5.80. The molecule has 0 fully saturated rings. The van der Waals surface area contributed by atoms with Gasteiger partial charge in [-0.25, -0.2) is 0 Å². The van der Waals surface area contributed by atoms with Crippen molar-refractivity contribution in [3.8, 4) is 16.9 Å². The molecular weight excluding hydrogens is 210 g/mol. The Kier molecular flexibility index (Phi) is 3.33. The lowest BCUT2D eigenvalue weighted by Gasteiger charge is -2.17. The Morgan fingerprint density at radius 3 is 2.12 bits per heavy atom. The summed E-state index contributed by atoms with van der Waals surface area (Å²) in [6.07, 6.45) is 0. The van der Waals surface area contributed by atoms with Crippen LogP contribution in [0.15, 0.2) is 48.5 Å². The Labute approximate surface area is 102 Å². The minimum Gasteiger partial charge on any atom is -0.497 e. The third-order valence-corrected chi connectivity index (χ3v) is 2.79. The molecule has 2 nitrogen and oxygen atoms in total. The van der Waals surface area contributed by atoms with E-state index in [1.807, 2.05) is 12.1 Å². The number of ether oxygens (including phenoxy) is 1. The molecule has 0 saturated carbocycles. The lowest BCUT2D eigenvalue weighted by atomic mass is 10.0. The number of nitrogens with zero attached hydrogens (tertiary/aromatic N) is 1. The van der Waals surface area contributed by atoms with Crippen molar-refractivity contribution in [1.82, 2.24) is 0 Å². The van der Waals surface area contributed by atoms with Gasteiger partial charge in [-0.1, -0.05) is 30.3 Å². The molecule has 0 saturated heterocycles. The fraction of sp³-hybridized carbons (Fsp3) is 0.200. The van der Waals surface area contributed by atoms with Gasteiger partial charge in [0.15, 0.2) is 0 Å². The van der Waals surface area contributed by atoms with E-state index in [2.05, 4.69) is 55.4 Å². The molecule has 0 radical (unpaired) electrons. The molecule has 2 aromatic rings. The second-order valence-corrected chi connectivity index (χ2v) is 4.14. The van der Waals surface area contributed by atoms with Crippen LogP contribution in [0.1, 0.15) is 0 Å². The summed E-state index contributed by atoms with van der Waals surface area (Å²) in [6, 6.07) is 16.5. The Bertz CT molecular complexity index is 489. The van der Waals surface area contributed by atoms with Crippen LogP contribution < -0.4 is 9.64 Å². The van der Waals surface area contributed by atoms with E-state index in [-0.39, 0.29) is 0 Å². The van der Waals surface area contributed by atoms with Crippen LogP contribution in [0.4, 0.5) is 5.69 Å². The second kappa shape index (κ2) is 4.91. The number of methoxy groups -OCH3 is 1. The van der Waals surface area contributed by atoms with Crippen molar-refractivity contribution < 1.29 is 4.74 Å². The van der Waals surface area contributed by atoms with Crippen molar-refractivity contribution in [3.63, 3.8) is 0 Å². The van der Waals surface area contributed by atoms with Crippen molar-refractivity contribution in [1.29, 1.82) is 0 Å². The van der Waals surface area contributed by atoms with E-state index in [0.717, 1.165) is 5.75 Å². The predicted molar refractivity (Wildman–Crippen MR) is 72.8 cm³/mol. The molecule has 0 unspecified atom stereocenters. The molecule has 0 aliphatic carbocycles. The molecular formula is C15H17NO. The van der Waals surface area contributed by atoms with Crippen LogP contribution in [-0.4, -0.2) is 21.2 Å². The van der Waals surface area contributed by atoms with Crippen molar-refractivity contribution in [2.45, 2.75) is 0 Å². The van der Waals surface area contributed by atoms with Crippen molar-refractivity contribution in [2.24, 2.45) is 0 Å². The van der Waals surface area contributed by atoms with Crippen LogP contribution >= 0.6 is 0 Å². The highest BCUT2D eigenvalue weighted by atomic mass is 16.5. The molecule has 17 heavy (non-hydrogen) atoms. The van der Waals surface area contributed by atoms with E-state index in [1.165, 1.54) is 16.8 Å². The highest BCUT2D eigenvalue weighted by Gasteiger charge is 2.05. The van der Waals surface area contributed by atoms with Crippen molar-refractivity contribution >= 4 is 5.69 Å². The minimum absolute atomic E-state index is 0.885. The quantitative estimate of drug-likeness (QED) is 0.796. The summed E-state index contributed by atoms with van der Waals surface area (Å²) in [6.45, 7) is 0. The fourth-order valence-electron chi connectivity index (χ4n) is 1.88. The van der Waals surface area contributed by atoms with Gasteiger partial charge in [-0.05, 0) is 23.8 Å². The van der Waals surface area contributed by atoms with Gasteiger partial charge >= 0.3 is 0 Å². The monoisotopic (exact) mass is 227 g/mol. The Balaban J connectivity index is 2.45. The standard InChI is InChI=1S/C15H17NO/c1-16(2)15-7-5-4-6-14(15)12-8-10-13(17-3)11-9-12/h4-11H,1-3H3. The summed E-state index contributed by atoms with van der Waals surface area (Å²) in [5.41, 5.74) is 3.66. The van der Waals surface area contributed by atoms with Gasteiger partial charge in [-0.15, -0.1) is 0 Å². The Morgan fingerprint density at radius 2 is 1.53 bits per heavy atom. The highest BCUT2D eigenvalue weighted by molar-refractivity contribution is 5.78. The first kappa shape index (κ1) is 11.5. The van der Waals surface area contributed by atoms with E-state index < -0.39 is 0 Å². The summed E-state index contributed by atoms with van der Waals surface area (Å²) in [5, 5.41) is 0. The van der Waals surface area contributed by atoms with Gasteiger partial charge < -0.3 is 9.64 Å². The topological polar surface area (TPSA) is 12.5 Å². The number of rotatable bonds is 3. The summed E-state index contributed by atoms with van der Waals surface area (Å²) < 4.78 is 5.17. The number of hydrogen-bond acceptors (Lipinski definition) is 2. The van der Waals surface area contributed by atoms with Crippen LogP contribution in [-0.2, 0) is 0 Å². The van der Waals surface area contributed by atoms with Gasteiger partial charge in [-0.2, -0.15) is 0 Å². The molecule has 0 atom stereocenters. The third-order valence-electron chi connectivity index (χ3n) is 2.79. The van der Waals surface area contributed by atoms with Crippen LogP contribution in [0.5, 0.6) is 5.75 Å². The van der Waals surface area contributed by atoms with Gasteiger partial charge in [0.05, 0.1) is 7.11 Å². The average molecular weight is 227 g/mol. The van der Waals surface area contributed by atoms with E-state index in [0.29, 0.717) is 0 Å². The summed E-state index contributed by atoms with van der Waals surface area (Å²) in [4.78, 5) is 2.12. The molecule has 0 aliphatic heterocycles. The zero-order valence-electron chi connectivity index (χ0n) is 10.5. The van der Waals surface area contributed by atoms with Crippen LogP contribution in [0.3, 0.4) is 0 Å². The number of hydrogen-bond donors (Lipinski definition) is 0. The number of para-hydroxylation sites is 1. The lowest BCUT2D eigenvalue weighted by Crippen LogP contribution is -2.09. The molecule has 0 N–H and O–H groups in total. The first-order chi connectivity index (χ1) is 8.22. The maximum Gasteiger partial charge on any atom is 0.118 e. The molecule has 2 heteroatoms. The fourth-order valence-corrected chi connectivity index (χ4v) is 1.88. The molecule has 88 valence electrons. The van der Waals surface area contributed by atoms with Gasteiger partial charge in [0.2, 0.25) is 0 Å². The average Bonchev–Trinajstić information content (AvgIpc) is 2.39. The van der Waals surface area contributed by atoms with Gasteiger partial charge in [-0.3, -0.25) is 0 Å². The minimum atomic E-state index is 0.885. The van der Waals surface area contributed by atoms with Crippen molar-refractivity contribution in [2.75, 3.05) is 26.1 Å². The van der Waals surface area contributed by atoms with Crippen LogP contribution in [0.2, 0.25) is 0 Å². The molecule has 2 aromatic carbocycles. The number of benzene rings is 2. The van der Waals surface area contributed by atoms with E-state index in [9.17, 15) is 0 Å². The summed E-state index contributed by atoms with van der Waals surface area (Å²) >= 11 is 0. The van der Waals surface area contributed by atoms with E-state index in [4.69, 9.17) is 4.74 Å². The van der Waals surface area contributed by atoms with Gasteiger partial charge in [0.1, 0.15) is 5.75 Å². The third kappa shape index (κ3) is 2.41. The predicted octanol–water partition coefficient (Wildman–Crippen LogP) is 3.43. The SMILES string of the molecule is COc1ccc(-c2ccccc2N(C)C)cc1. The van der Waals surface area contributed by atoms with E-state index >= 15 is 0 Å². The zero-order chi connectivity index (χ0) is 12.3. The van der Waals surface area contributed by atoms with Gasteiger partial charge in [0.25, 0.3) is 0 Å². The highest BCUT2D eigenvalue weighted by Crippen LogP contribution is 2.30. The maximum atomic E-state index is 5.17. The molecule has 0 amide bonds. The first-order valence-electron chi connectivity index (χ1n) is 5.63. The largest absolute Gasteiger partial charge is 0.497 e. The number of anilines is 1. The Hall–Kier alpha value is -1.96. The second-order valence-electron chi connectivity index (χ2n) is 4.14. The molecule has 2 rings (SSSR count). The van der Waals surface area contributed by atoms with Crippen molar-refractivity contribution in [3.05, 3.63) is 48.5 Å². The molecule has 0 aliphatic rings. The smallest absolute Gasteiger partial charge is 0.118 e. The van der Waals surface area contributed by atoms with Crippen LogP contribution in [0, 0.1) is 0 Å². The summed E-state index contributed by atoms with van der Waals surface area (Å²) in [5.74, 6) is 0.885. The van der Waals surface area contributed by atoms with Gasteiger partial charge in [0, 0.05) is 25.3 Å². The normalized spacial score (nSPS) is 10.1. The maximum absolute atomic E-state index is 5.17. The van der Waals surface area contributed by atoms with E-state index in [1.54, 1.807) is 7.11 Å². The first-order valence-corrected chi connectivity index (χ1v) is 5.63. The molecule has 0 heterocycles. The molecule has 0 bridgehead atoms. The van der Waals surface area contributed by atoms with Crippen LogP contribution in [0.25, 0.3) is 11.1 Å². The zero-order valence-corrected chi connectivity index (χ0v) is 10.5.